The molecule has 410 valence electrons. The van der Waals surface area contributed by atoms with Crippen molar-refractivity contribution >= 4 is 11.9 Å². The lowest BCUT2D eigenvalue weighted by atomic mass is 9.99. The second-order valence-electron chi connectivity index (χ2n) is 20.3. The van der Waals surface area contributed by atoms with Crippen molar-refractivity contribution in [1.29, 1.82) is 0 Å². The molecule has 70 heavy (non-hydrogen) atoms. The van der Waals surface area contributed by atoms with Crippen molar-refractivity contribution in [3.8, 4) is 0 Å². The third-order valence-corrected chi connectivity index (χ3v) is 13.7. The first-order chi connectivity index (χ1) is 34.2. The minimum Gasteiger partial charge on any atom is -0.466 e. The Bertz CT molecular complexity index is 1260. The molecule has 0 aliphatic carbocycles. The molecule has 6 N–H and O–H groups in total. The molecule has 0 saturated carbocycles. The van der Waals surface area contributed by atoms with E-state index in [1.54, 1.807) is 6.08 Å². The number of hydrogen-bond donors (Lipinski definition) is 6. The molecule has 1 aliphatic heterocycles. The van der Waals surface area contributed by atoms with Gasteiger partial charge in [0, 0.05) is 12.8 Å². The summed E-state index contributed by atoms with van der Waals surface area (Å²) in [4.78, 5) is 25.0. The van der Waals surface area contributed by atoms with Crippen LogP contribution in [0.5, 0.6) is 0 Å². The lowest BCUT2D eigenvalue weighted by Gasteiger charge is -2.40. The van der Waals surface area contributed by atoms with E-state index in [1.807, 2.05) is 6.08 Å². The number of carbonyl (C=O) groups is 2. The van der Waals surface area contributed by atoms with Gasteiger partial charge in [-0.25, -0.2) is 0 Å². The first kappa shape index (κ1) is 65.9. The summed E-state index contributed by atoms with van der Waals surface area (Å²) in [6, 6.07) is -0.822. The molecule has 11 heteroatoms. The first-order valence-corrected chi connectivity index (χ1v) is 29.3. The fraction of sp³-hybridized carbons (Fsp3) is 0.864. The van der Waals surface area contributed by atoms with Crippen molar-refractivity contribution in [2.45, 2.75) is 307 Å². The highest BCUT2D eigenvalue weighted by Crippen LogP contribution is 2.23. The van der Waals surface area contributed by atoms with Gasteiger partial charge in [0.15, 0.2) is 6.29 Å². The van der Waals surface area contributed by atoms with Gasteiger partial charge in [-0.2, -0.15) is 0 Å². The summed E-state index contributed by atoms with van der Waals surface area (Å²) in [7, 11) is 0. The van der Waals surface area contributed by atoms with E-state index in [-0.39, 0.29) is 18.5 Å². The molecule has 1 fully saturated rings. The van der Waals surface area contributed by atoms with Crippen molar-refractivity contribution in [2.75, 3.05) is 19.8 Å². The first-order valence-electron chi connectivity index (χ1n) is 29.3. The van der Waals surface area contributed by atoms with Crippen LogP contribution in [0.4, 0.5) is 0 Å². The second-order valence-corrected chi connectivity index (χ2v) is 20.3. The molecule has 7 atom stereocenters. The smallest absolute Gasteiger partial charge is 0.305 e. The fourth-order valence-corrected chi connectivity index (χ4v) is 9.05. The normalized spacial score (nSPS) is 19.4. The molecule has 0 radical (unpaired) electrons. The van der Waals surface area contributed by atoms with Crippen LogP contribution in [-0.4, -0.2) is 100 Å². The summed E-state index contributed by atoms with van der Waals surface area (Å²) < 4.78 is 16.7. The van der Waals surface area contributed by atoms with Crippen LogP contribution in [0, 0.1) is 0 Å². The van der Waals surface area contributed by atoms with Gasteiger partial charge >= 0.3 is 5.97 Å². The van der Waals surface area contributed by atoms with E-state index in [0.29, 0.717) is 19.4 Å². The van der Waals surface area contributed by atoms with Crippen LogP contribution in [0.15, 0.2) is 36.5 Å². The monoisotopic (exact) mass is 992 g/mol. The number of carbonyl (C=O) groups excluding carboxylic acids is 2. The number of aliphatic hydroxyl groups is 5. The number of nitrogens with one attached hydrogen (secondary N) is 1. The van der Waals surface area contributed by atoms with E-state index in [1.165, 1.54) is 141 Å². The van der Waals surface area contributed by atoms with Gasteiger partial charge in [0.1, 0.15) is 24.4 Å². The average molecular weight is 993 g/mol. The van der Waals surface area contributed by atoms with E-state index in [0.717, 1.165) is 96.3 Å². The molecule has 0 aromatic rings. The molecule has 0 aromatic heterocycles. The van der Waals surface area contributed by atoms with Crippen molar-refractivity contribution < 1.29 is 49.3 Å². The Morgan fingerprint density at radius 2 is 0.957 bits per heavy atom. The third-order valence-electron chi connectivity index (χ3n) is 13.7. The van der Waals surface area contributed by atoms with Crippen molar-refractivity contribution in [3.63, 3.8) is 0 Å². The highest BCUT2D eigenvalue weighted by molar-refractivity contribution is 5.76. The minimum absolute atomic E-state index is 0.0328. The second kappa shape index (κ2) is 49.1. The van der Waals surface area contributed by atoms with E-state index in [4.69, 9.17) is 14.2 Å². The molecule has 1 saturated heterocycles. The summed E-state index contributed by atoms with van der Waals surface area (Å²) in [5.74, 6) is -0.230. The van der Waals surface area contributed by atoms with Crippen LogP contribution in [0.3, 0.4) is 0 Å². The molecule has 1 aliphatic rings. The van der Waals surface area contributed by atoms with E-state index in [2.05, 4.69) is 43.5 Å². The highest BCUT2D eigenvalue weighted by Gasteiger charge is 2.44. The van der Waals surface area contributed by atoms with Gasteiger partial charge in [0.05, 0.1) is 32.0 Å². The predicted octanol–water partition coefficient (Wildman–Crippen LogP) is 13.1. The van der Waals surface area contributed by atoms with Crippen LogP contribution in [0.25, 0.3) is 0 Å². The Morgan fingerprint density at radius 1 is 0.529 bits per heavy atom. The Morgan fingerprint density at radius 3 is 1.44 bits per heavy atom. The molecule has 1 rings (SSSR count). The SMILES string of the molecule is CCCCCCCCCCCCCC/C=C/C(O)C(COC1OC(CO)C(O)C(O)C1O)NC(=O)CCCCCCCCC/C=C\C/C=C\CCCCCOC(=O)CCCCCCCCCCCCC. The van der Waals surface area contributed by atoms with Gasteiger partial charge in [-0.3, -0.25) is 9.59 Å². The van der Waals surface area contributed by atoms with Gasteiger partial charge in [-0.05, 0) is 70.6 Å². The zero-order valence-corrected chi connectivity index (χ0v) is 45.0. The highest BCUT2D eigenvalue weighted by atomic mass is 16.7. The Kier molecular flexibility index (Phi) is 46.2. The van der Waals surface area contributed by atoms with Crippen molar-refractivity contribution in [1.82, 2.24) is 5.32 Å². The number of unbranched alkanes of at least 4 members (excludes halogenated alkanes) is 32. The predicted molar refractivity (Wildman–Crippen MR) is 287 cm³/mol. The molecular formula is C59H109NO10. The van der Waals surface area contributed by atoms with Crippen LogP contribution in [0.2, 0.25) is 0 Å². The molecule has 7 unspecified atom stereocenters. The van der Waals surface area contributed by atoms with Crippen LogP contribution in [0.1, 0.15) is 264 Å². The van der Waals surface area contributed by atoms with E-state index < -0.39 is 49.5 Å². The van der Waals surface area contributed by atoms with Gasteiger partial charge in [-0.15, -0.1) is 0 Å². The number of aliphatic hydroxyl groups excluding tert-OH is 5. The fourth-order valence-electron chi connectivity index (χ4n) is 9.05. The van der Waals surface area contributed by atoms with Crippen LogP contribution in [-0.2, 0) is 23.8 Å². The standard InChI is InChI=1S/C59H109NO10/c1-3-5-7-9-11-13-15-16-22-26-29-33-37-41-45-52(62)51(50-69-59-58(67)57(66)56(65)53(49-61)70-59)60-54(63)46-42-38-34-30-27-23-20-18-17-19-21-24-28-32-36-40-44-48-68-55(64)47-43-39-35-31-25-14-12-10-8-6-4-2/h17,19,24,28,41,45,51-53,56-59,61-62,65-67H,3-16,18,20-23,25-27,29-40,42-44,46-50H2,1-2H3,(H,60,63)/b19-17-,28-24-,45-41+. The van der Waals surface area contributed by atoms with Crippen LogP contribution < -0.4 is 5.32 Å². The lowest BCUT2D eigenvalue weighted by molar-refractivity contribution is -0.302. The number of rotatable bonds is 50. The van der Waals surface area contributed by atoms with Crippen molar-refractivity contribution in [2.24, 2.45) is 0 Å². The van der Waals surface area contributed by atoms with Gasteiger partial charge in [0.2, 0.25) is 5.91 Å². The largest absolute Gasteiger partial charge is 0.466 e. The summed E-state index contributed by atoms with van der Waals surface area (Å²) in [6.07, 6.45) is 49.3. The zero-order valence-electron chi connectivity index (χ0n) is 45.0. The zero-order chi connectivity index (χ0) is 51.0. The number of allylic oxidation sites excluding steroid dienone is 5. The van der Waals surface area contributed by atoms with Crippen LogP contribution >= 0.6 is 0 Å². The van der Waals surface area contributed by atoms with Gasteiger partial charge in [-0.1, -0.05) is 217 Å². The Labute approximate surface area is 428 Å². The van der Waals surface area contributed by atoms with E-state index >= 15 is 0 Å². The average Bonchev–Trinajstić information content (AvgIpc) is 3.36. The summed E-state index contributed by atoms with van der Waals surface area (Å²) >= 11 is 0. The molecule has 11 nitrogen and oxygen atoms in total. The minimum atomic E-state index is -1.58. The Balaban J connectivity index is 2.17. The lowest BCUT2D eigenvalue weighted by Crippen LogP contribution is -2.60. The quantitative estimate of drug-likeness (QED) is 0.0195. The third kappa shape index (κ3) is 38.5. The maximum Gasteiger partial charge on any atom is 0.305 e. The Hall–Kier alpha value is -2.12. The van der Waals surface area contributed by atoms with Crippen molar-refractivity contribution in [3.05, 3.63) is 36.5 Å². The van der Waals surface area contributed by atoms with E-state index in [9.17, 15) is 35.1 Å². The number of esters is 1. The summed E-state index contributed by atoms with van der Waals surface area (Å²) in [6.45, 7) is 4.29. The maximum atomic E-state index is 13.0. The topological polar surface area (TPSA) is 175 Å². The molecule has 0 spiro atoms. The van der Waals surface area contributed by atoms with Gasteiger partial charge < -0.3 is 45.1 Å². The molecular weight excluding hydrogens is 883 g/mol. The van der Waals surface area contributed by atoms with Gasteiger partial charge in [0.25, 0.3) is 0 Å². The molecule has 1 heterocycles. The number of hydrogen-bond acceptors (Lipinski definition) is 10. The molecule has 1 amide bonds. The molecule has 0 aromatic carbocycles. The molecule has 0 bridgehead atoms. The number of ether oxygens (including phenoxy) is 3. The maximum absolute atomic E-state index is 13.0. The summed E-state index contributed by atoms with van der Waals surface area (Å²) in [5, 5.41) is 54.4. The number of amides is 1. The summed E-state index contributed by atoms with van der Waals surface area (Å²) in [5.41, 5.74) is 0.